The Morgan fingerprint density at radius 2 is 2.00 bits per heavy atom. The van der Waals surface area contributed by atoms with E-state index in [9.17, 15) is 18.0 Å². The Morgan fingerprint density at radius 3 is 2.77 bits per heavy atom. The first-order chi connectivity index (χ1) is 14.3. The first-order valence-corrected chi connectivity index (χ1v) is 9.92. The monoisotopic (exact) mass is 416 g/mol. The minimum Gasteiger partial charge on any atom is -0.330 e. The summed E-state index contributed by atoms with van der Waals surface area (Å²) in [6.45, 7) is 2.03. The van der Waals surface area contributed by atoms with Crippen LogP contribution in [0.1, 0.15) is 24.2 Å². The highest BCUT2D eigenvalue weighted by Gasteiger charge is 2.31. The maximum atomic E-state index is 12.9. The number of likely N-dealkylation sites (tertiary alicyclic amines) is 1. The molecule has 8 heteroatoms. The third-order valence-corrected chi connectivity index (χ3v) is 5.58. The first kappa shape index (κ1) is 20.4. The second-order valence-electron chi connectivity index (χ2n) is 7.72. The predicted molar refractivity (Wildman–Crippen MR) is 109 cm³/mol. The van der Waals surface area contributed by atoms with Crippen molar-refractivity contribution < 1.29 is 18.0 Å². The number of carbonyl (C=O) groups is 1. The molecule has 0 spiro atoms. The number of nitrogens with zero attached hydrogens (tertiary/aromatic N) is 3. The van der Waals surface area contributed by atoms with Gasteiger partial charge in [0.25, 0.3) is 0 Å². The fourth-order valence-electron chi connectivity index (χ4n) is 3.97. The van der Waals surface area contributed by atoms with Crippen LogP contribution in [0.3, 0.4) is 0 Å². The lowest BCUT2D eigenvalue weighted by molar-refractivity contribution is -0.137. The van der Waals surface area contributed by atoms with Gasteiger partial charge in [-0.25, -0.2) is 4.98 Å². The van der Waals surface area contributed by atoms with E-state index in [0.717, 1.165) is 42.0 Å². The Labute approximate surface area is 172 Å². The van der Waals surface area contributed by atoms with E-state index in [1.54, 1.807) is 0 Å². The van der Waals surface area contributed by atoms with Crippen molar-refractivity contribution in [2.24, 2.45) is 13.0 Å². The molecule has 0 aliphatic carbocycles. The number of carbonyl (C=O) groups excluding carboxylic acids is 1. The van der Waals surface area contributed by atoms with E-state index in [4.69, 9.17) is 4.98 Å². The van der Waals surface area contributed by atoms with Crippen LogP contribution >= 0.6 is 0 Å². The van der Waals surface area contributed by atoms with Gasteiger partial charge in [0.15, 0.2) is 0 Å². The smallest absolute Gasteiger partial charge is 0.330 e. The zero-order chi connectivity index (χ0) is 21.3. The number of benzene rings is 2. The number of halogens is 3. The van der Waals surface area contributed by atoms with Crippen LogP contribution in [0.2, 0.25) is 0 Å². The molecule has 0 saturated carbocycles. The van der Waals surface area contributed by atoms with Crippen molar-refractivity contribution in [1.82, 2.24) is 14.5 Å². The van der Waals surface area contributed by atoms with E-state index in [1.807, 2.05) is 31.3 Å². The van der Waals surface area contributed by atoms with E-state index in [2.05, 4.69) is 14.8 Å². The van der Waals surface area contributed by atoms with Crippen LogP contribution in [-0.2, 0) is 24.6 Å². The Morgan fingerprint density at radius 1 is 1.20 bits per heavy atom. The molecule has 0 bridgehead atoms. The number of anilines is 1. The predicted octanol–water partition coefficient (Wildman–Crippen LogP) is 4.44. The van der Waals surface area contributed by atoms with Crippen molar-refractivity contribution >= 4 is 22.6 Å². The van der Waals surface area contributed by atoms with Crippen molar-refractivity contribution in [2.75, 3.05) is 18.4 Å². The number of amides is 1. The number of hydrogen-bond acceptors (Lipinski definition) is 3. The molecular weight excluding hydrogens is 393 g/mol. The molecular formula is C22H23F3N4O. The standard InChI is InChI=1S/C22H23F3N4O/c1-28-19-10-3-2-9-18(19)27-20(28)14-29-11-5-6-15(13-29)21(30)26-17-8-4-7-16(12-17)22(23,24)25/h2-4,7-10,12,15H,5-6,11,13-14H2,1H3,(H,26,30)/t15-/m0/s1. The second kappa shape index (κ2) is 8.10. The van der Waals surface area contributed by atoms with Crippen LogP contribution < -0.4 is 5.32 Å². The minimum absolute atomic E-state index is 0.169. The number of aromatic nitrogens is 2. The zero-order valence-corrected chi connectivity index (χ0v) is 16.6. The van der Waals surface area contributed by atoms with Gasteiger partial charge in [-0.05, 0) is 49.7 Å². The Kier molecular flexibility index (Phi) is 5.51. The van der Waals surface area contributed by atoms with Gasteiger partial charge in [-0.1, -0.05) is 18.2 Å². The summed E-state index contributed by atoms with van der Waals surface area (Å²) in [5, 5.41) is 2.65. The van der Waals surface area contributed by atoms with Gasteiger partial charge in [-0.15, -0.1) is 0 Å². The molecule has 30 heavy (non-hydrogen) atoms. The summed E-state index contributed by atoms with van der Waals surface area (Å²) in [6, 6.07) is 12.7. The van der Waals surface area contributed by atoms with Crippen molar-refractivity contribution in [3.05, 3.63) is 59.9 Å². The first-order valence-electron chi connectivity index (χ1n) is 9.92. The summed E-state index contributed by atoms with van der Waals surface area (Å²) in [6.07, 6.45) is -2.87. The van der Waals surface area contributed by atoms with Crippen molar-refractivity contribution in [2.45, 2.75) is 25.6 Å². The molecule has 3 aromatic rings. The molecule has 0 radical (unpaired) electrons. The van der Waals surface area contributed by atoms with Crippen LogP contribution in [0.15, 0.2) is 48.5 Å². The molecule has 1 fully saturated rings. The highest BCUT2D eigenvalue weighted by atomic mass is 19.4. The average Bonchev–Trinajstić information content (AvgIpc) is 3.03. The molecule has 1 aliphatic rings. The minimum atomic E-state index is -4.44. The third-order valence-electron chi connectivity index (χ3n) is 5.58. The highest BCUT2D eigenvalue weighted by Crippen LogP contribution is 2.31. The second-order valence-corrected chi connectivity index (χ2v) is 7.72. The number of nitrogens with one attached hydrogen (secondary N) is 1. The largest absolute Gasteiger partial charge is 0.416 e. The molecule has 0 unspecified atom stereocenters. The fraction of sp³-hybridized carbons (Fsp3) is 0.364. The van der Waals surface area contributed by atoms with E-state index in [1.165, 1.54) is 12.1 Å². The van der Waals surface area contributed by atoms with E-state index < -0.39 is 11.7 Å². The number of hydrogen-bond donors (Lipinski definition) is 1. The van der Waals surface area contributed by atoms with Crippen LogP contribution in [0.4, 0.5) is 18.9 Å². The third kappa shape index (κ3) is 4.33. The Balaban J connectivity index is 1.42. The lowest BCUT2D eigenvalue weighted by atomic mass is 9.97. The number of rotatable bonds is 4. The van der Waals surface area contributed by atoms with Gasteiger partial charge in [0.2, 0.25) is 5.91 Å². The Bertz CT molecular complexity index is 1060. The molecule has 158 valence electrons. The van der Waals surface area contributed by atoms with E-state index in [-0.39, 0.29) is 17.5 Å². The van der Waals surface area contributed by atoms with Crippen LogP contribution in [0, 0.1) is 5.92 Å². The fourth-order valence-corrected chi connectivity index (χ4v) is 3.97. The topological polar surface area (TPSA) is 50.2 Å². The number of piperidine rings is 1. The normalized spacial score (nSPS) is 17.9. The lowest BCUT2D eigenvalue weighted by Crippen LogP contribution is -2.40. The zero-order valence-electron chi connectivity index (χ0n) is 16.6. The quantitative estimate of drug-likeness (QED) is 0.684. The van der Waals surface area contributed by atoms with E-state index >= 15 is 0 Å². The van der Waals surface area contributed by atoms with Crippen LogP contribution in [0.25, 0.3) is 11.0 Å². The van der Waals surface area contributed by atoms with Gasteiger partial charge in [-0.3, -0.25) is 9.69 Å². The lowest BCUT2D eigenvalue weighted by Gasteiger charge is -2.31. The van der Waals surface area contributed by atoms with Crippen molar-refractivity contribution in [3.8, 4) is 0 Å². The number of imidazole rings is 1. The van der Waals surface area contributed by atoms with Crippen molar-refractivity contribution in [3.63, 3.8) is 0 Å². The number of fused-ring (bicyclic) bond motifs is 1. The van der Waals surface area contributed by atoms with Gasteiger partial charge in [0.05, 0.1) is 29.1 Å². The molecule has 2 aromatic carbocycles. The Hall–Kier alpha value is -2.87. The molecule has 1 N–H and O–H groups in total. The maximum absolute atomic E-state index is 12.9. The number of para-hydroxylation sites is 2. The summed E-state index contributed by atoms with van der Waals surface area (Å²) in [7, 11) is 1.98. The van der Waals surface area contributed by atoms with Crippen LogP contribution in [0.5, 0.6) is 0 Å². The number of aryl methyl sites for hydroxylation is 1. The maximum Gasteiger partial charge on any atom is 0.416 e. The molecule has 2 heterocycles. The summed E-state index contributed by atoms with van der Waals surface area (Å²) in [4.78, 5) is 19.6. The van der Waals surface area contributed by atoms with Crippen LogP contribution in [-0.4, -0.2) is 33.4 Å². The van der Waals surface area contributed by atoms with Gasteiger partial charge >= 0.3 is 6.18 Å². The molecule has 4 rings (SSSR count). The summed E-state index contributed by atoms with van der Waals surface area (Å²) < 4.78 is 40.8. The molecule has 1 saturated heterocycles. The van der Waals surface area contributed by atoms with Gasteiger partial charge in [0, 0.05) is 19.3 Å². The van der Waals surface area contributed by atoms with Gasteiger partial charge in [-0.2, -0.15) is 13.2 Å². The molecule has 1 atom stereocenters. The average molecular weight is 416 g/mol. The highest BCUT2D eigenvalue weighted by molar-refractivity contribution is 5.92. The SMILES string of the molecule is Cn1c(CN2CCC[C@H](C(=O)Nc3cccc(C(F)(F)F)c3)C2)nc2ccccc21. The molecule has 1 aliphatic heterocycles. The van der Waals surface area contributed by atoms with Crippen molar-refractivity contribution in [1.29, 1.82) is 0 Å². The number of alkyl halides is 3. The summed E-state index contributed by atoms with van der Waals surface area (Å²) in [5.41, 5.74) is 1.39. The van der Waals surface area contributed by atoms with Gasteiger partial charge < -0.3 is 9.88 Å². The molecule has 1 aromatic heterocycles. The molecule has 1 amide bonds. The van der Waals surface area contributed by atoms with E-state index in [0.29, 0.717) is 19.5 Å². The molecule has 5 nitrogen and oxygen atoms in total. The summed E-state index contributed by atoms with van der Waals surface area (Å²) in [5.74, 6) is 0.405. The van der Waals surface area contributed by atoms with Gasteiger partial charge in [0.1, 0.15) is 5.82 Å². The summed E-state index contributed by atoms with van der Waals surface area (Å²) >= 11 is 0.